The van der Waals surface area contributed by atoms with Crippen LogP contribution < -0.4 is 5.32 Å². The maximum absolute atomic E-state index is 13.6. The molecule has 0 bridgehead atoms. The van der Waals surface area contributed by atoms with Crippen LogP contribution >= 0.6 is 0 Å². The molecule has 204 valence electrons. The van der Waals surface area contributed by atoms with Crippen LogP contribution in [0.25, 0.3) is 6.08 Å². The first kappa shape index (κ1) is 26.9. The summed E-state index contributed by atoms with van der Waals surface area (Å²) in [5.74, 6) is -0.993. The van der Waals surface area contributed by atoms with E-state index >= 15 is 0 Å². The van der Waals surface area contributed by atoms with E-state index in [1.165, 1.54) is 11.1 Å². The highest BCUT2D eigenvalue weighted by atomic mass is 16.5. The Morgan fingerprint density at radius 1 is 1.02 bits per heavy atom. The Morgan fingerprint density at radius 2 is 1.77 bits per heavy atom. The van der Waals surface area contributed by atoms with Gasteiger partial charge in [0.25, 0.3) is 5.91 Å². The fourth-order valence-corrected chi connectivity index (χ4v) is 5.28. The number of carbonyl (C=O) groups excluding carboxylic acids is 2. The number of carbonyl (C=O) groups is 3. The number of hydrogen-bond donors (Lipinski definition) is 2. The van der Waals surface area contributed by atoms with Crippen molar-refractivity contribution in [3.63, 3.8) is 0 Å². The molecule has 0 aromatic heterocycles. The molecule has 1 atom stereocenters. The third kappa shape index (κ3) is 6.64. The minimum absolute atomic E-state index is 0.0664. The third-order valence-corrected chi connectivity index (χ3v) is 7.25. The van der Waals surface area contributed by atoms with Crippen LogP contribution in [0.5, 0.6) is 0 Å². The standard InChI is InChI=1S/C32H31N3O5/c36-28-21-40-32(26-10-2-1-3-11-26)34-35(28)20-23-13-16-25(17-14-23)30(24-8-4-5-9-24)31(39)33-27-12-6-7-22(19-27)15-18-29(37)38/h1-3,6-7,10-19,24,30H,4-5,8-9,20-21H2,(H,33,39)(H,37,38). The normalized spacial score (nSPS) is 16.4. The van der Waals surface area contributed by atoms with Gasteiger partial charge < -0.3 is 15.2 Å². The van der Waals surface area contributed by atoms with Gasteiger partial charge in [-0.15, -0.1) is 5.10 Å². The maximum Gasteiger partial charge on any atom is 0.328 e. The molecule has 1 fully saturated rings. The molecule has 1 saturated carbocycles. The lowest BCUT2D eigenvalue weighted by Gasteiger charge is -2.25. The summed E-state index contributed by atoms with van der Waals surface area (Å²) in [5, 5.41) is 17.8. The Kier molecular flexibility index (Phi) is 8.35. The molecule has 1 aliphatic heterocycles. The van der Waals surface area contributed by atoms with Gasteiger partial charge in [0.1, 0.15) is 0 Å². The quantitative estimate of drug-likeness (QED) is 0.355. The zero-order valence-corrected chi connectivity index (χ0v) is 22.0. The Morgan fingerprint density at radius 3 is 2.50 bits per heavy atom. The largest absolute Gasteiger partial charge is 0.478 e. The van der Waals surface area contributed by atoms with E-state index in [1.807, 2.05) is 54.6 Å². The van der Waals surface area contributed by atoms with Crippen molar-refractivity contribution in [3.8, 4) is 0 Å². The molecule has 2 aliphatic rings. The number of aliphatic carboxylic acids is 1. The molecule has 0 radical (unpaired) electrons. The summed E-state index contributed by atoms with van der Waals surface area (Å²) in [7, 11) is 0. The number of nitrogens with one attached hydrogen (secondary N) is 1. The summed E-state index contributed by atoms with van der Waals surface area (Å²) in [6, 6.07) is 24.4. The molecule has 1 unspecified atom stereocenters. The zero-order chi connectivity index (χ0) is 27.9. The first-order chi connectivity index (χ1) is 19.5. The molecule has 0 spiro atoms. The number of anilines is 1. The second kappa shape index (κ2) is 12.4. The predicted octanol–water partition coefficient (Wildman–Crippen LogP) is 5.42. The molecule has 8 nitrogen and oxygen atoms in total. The van der Waals surface area contributed by atoms with Gasteiger partial charge >= 0.3 is 5.97 Å². The summed E-state index contributed by atoms with van der Waals surface area (Å²) in [4.78, 5) is 36.9. The summed E-state index contributed by atoms with van der Waals surface area (Å²) in [6.45, 7) is 0.235. The Hall–Kier alpha value is -4.72. The number of carboxylic acid groups (broad SMARTS) is 1. The number of amides is 2. The van der Waals surface area contributed by atoms with Crippen molar-refractivity contribution < 1.29 is 24.2 Å². The van der Waals surface area contributed by atoms with E-state index in [9.17, 15) is 14.4 Å². The number of hydrogen-bond acceptors (Lipinski definition) is 5. The van der Waals surface area contributed by atoms with Crippen LogP contribution in [0.4, 0.5) is 5.69 Å². The van der Waals surface area contributed by atoms with Gasteiger partial charge in [-0.3, -0.25) is 9.59 Å². The highest BCUT2D eigenvalue weighted by Crippen LogP contribution is 2.38. The molecule has 0 saturated heterocycles. The molecule has 2 N–H and O–H groups in total. The summed E-state index contributed by atoms with van der Waals surface area (Å²) < 4.78 is 5.54. The third-order valence-electron chi connectivity index (χ3n) is 7.25. The summed E-state index contributed by atoms with van der Waals surface area (Å²) in [5.41, 5.74) is 3.95. The highest BCUT2D eigenvalue weighted by molar-refractivity contribution is 5.98. The molecule has 3 aromatic rings. The number of benzene rings is 3. The number of hydrazone groups is 1. The van der Waals surface area contributed by atoms with E-state index in [4.69, 9.17) is 9.84 Å². The fraction of sp³-hybridized carbons (Fsp3) is 0.250. The Labute approximate surface area is 233 Å². The van der Waals surface area contributed by atoms with Crippen molar-refractivity contribution in [2.24, 2.45) is 11.0 Å². The second-order valence-electron chi connectivity index (χ2n) is 10.1. The minimum Gasteiger partial charge on any atom is -0.478 e. The average molecular weight is 538 g/mol. The topological polar surface area (TPSA) is 108 Å². The van der Waals surface area contributed by atoms with Crippen molar-refractivity contribution >= 4 is 35.4 Å². The van der Waals surface area contributed by atoms with Crippen LogP contribution in [0.1, 0.15) is 53.9 Å². The van der Waals surface area contributed by atoms with Crippen LogP contribution in [-0.2, 0) is 25.7 Å². The first-order valence-electron chi connectivity index (χ1n) is 13.4. The van der Waals surface area contributed by atoms with Crippen molar-refractivity contribution in [2.45, 2.75) is 38.1 Å². The number of rotatable bonds is 9. The van der Waals surface area contributed by atoms with Crippen LogP contribution in [0.15, 0.2) is 90.0 Å². The van der Waals surface area contributed by atoms with Crippen molar-refractivity contribution in [1.82, 2.24) is 5.01 Å². The summed E-state index contributed by atoms with van der Waals surface area (Å²) >= 11 is 0. The number of ether oxygens (including phenoxy) is 1. The molecule has 40 heavy (non-hydrogen) atoms. The van der Waals surface area contributed by atoms with Crippen molar-refractivity contribution in [3.05, 3.63) is 107 Å². The van der Waals surface area contributed by atoms with Gasteiger partial charge in [-0.2, -0.15) is 0 Å². The van der Waals surface area contributed by atoms with Crippen LogP contribution in [0.3, 0.4) is 0 Å². The molecule has 2 amide bonds. The van der Waals surface area contributed by atoms with Crippen LogP contribution in [0, 0.1) is 5.92 Å². The van der Waals surface area contributed by atoms with E-state index in [0.717, 1.165) is 48.4 Å². The van der Waals surface area contributed by atoms with E-state index in [2.05, 4.69) is 10.4 Å². The molecular formula is C32H31N3O5. The SMILES string of the molecule is O=C(O)C=Cc1cccc(NC(=O)C(c2ccc(CN3N=C(c4ccccc4)OCC3=O)cc2)C2CCCC2)c1. The molecule has 8 heteroatoms. The van der Waals surface area contributed by atoms with Crippen molar-refractivity contribution in [2.75, 3.05) is 11.9 Å². The van der Waals surface area contributed by atoms with Gasteiger partial charge in [0.05, 0.1) is 12.5 Å². The smallest absolute Gasteiger partial charge is 0.328 e. The predicted molar refractivity (Wildman–Crippen MR) is 152 cm³/mol. The van der Waals surface area contributed by atoms with Gasteiger partial charge in [-0.25, -0.2) is 9.80 Å². The van der Waals surface area contributed by atoms with Crippen molar-refractivity contribution in [1.29, 1.82) is 0 Å². The van der Waals surface area contributed by atoms with E-state index in [0.29, 0.717) is 23.7 Å². The second-order valence-corrected chi connectivity index (χ2v) is 10.1. The first-order valence-corrected chi connectivity index (χ1v) is 13.4. The van der Waals surface area contributed by atoms with Gasteiger partial charge in [0, 0.05) is 17.3 Å². The van der Waals surface area contributed by atoms with Gasteiger partial charge in [-0.1, -0.05) is 67.4 Å². The Balaban J connectivity index is 1.32. The van der Waals surface area contributed by atoms with Gasteiger partial charge in [0.15, 0.2) is 6.61 Å². The Bertz CT molecular complexity index is 1430. The fourth-order valence-electron chi connectivity index (χ4n) is 5.28. The van der Waals surface area contributed by atoms with Gasteiger partial charge in [-0.05, 0) is 65.8 Å². The van der Waals surface area contributed by atoms with Gasteiger partial charge in [0.2, 0.25) is 11.8 Å². The maximum atomic E-state index is 13.6. The van der Waals surface area contributed by atoms with E-state index in [-0.39, 0.29) is 30.3 Å². The lowest BCUT2D eigenvalue weighted by Crippen LogP contribution is -2.36. The minimum atomic E-state index is -1.03. The molecule has 3 aromatic carbocycles. The number of nitrogens with zero attached hydrogens (tertiary/aromatic N) is 2. The van der Waals surface area contributed by atoms with E-state index in [1.54, 1.807) is 24.3 Å². The van der Waals surface area contributed by atoms with E-state index < -0.39 is 5.97 Å². The lowest BCUT2D eigenvalue weighted by molar-refractivity contribution is -0.136. The number of carboxylic acids is 1. The van der Waals surface area contributed by atoms with Crippen LogP contribution in [0.2, 0.25) is 0 Å². The highest BCUT2D eigenvalue weighted by Gasteiger charge is 2.32. The summed E-state index contributed by atoms with van der Waals surface area (Å²) in [6.07, 6.45) is 6.74. The molecular weight excluding hydrogens is 506 g/mol. The molecule has 5 rings (SSSR count). The zero-order valence-electron chi connectivity index (χ0n) is 22.0. The molecule has 1 heterocycles. The molecule has 1 aliphatic carbocycles. The monoisotopic (exact) mass is 537 g/mol. The lowest BCUT2D eigenvalue weighted by atomic mass is 9.83. The van der Waals surface area contributed by atoms with Crippen LogP contribution in [-0.4, -0.2) is 40.4 Å². The average Bonchev–Trinajstić information content (AvgIpc) is 3.49.